The number of nitrogens with zero attached hydrogens (tertiary/aromatic N) is 2. The summed E-state index contributed by atoms with van der Waals surface area (Å²) in [5.41, 5.74) is 1.36. The van der Waals surface area contributed by atoms with Gasteiger partial charge in [-0.25, -0.2) is 12.8 Å². The SMILES string of the molecule is CN(CC(=O)N1C[C@H](C(=O)NCc2ccccc2)Oc2ccccc21)S(=O)(=O)c1ccc(F)cc1. The average Bonchev–Trinajstić information content (AvgIpc) is 2.87. The van der Waals surface area contributed by atoms with Gasteiger partial charge < -0.3 is 15.0 Å². The Bertz CT molecular complexity index is 1320. The molecule has 1 atom stereocenters. The molecule has 4 rings (SSSR count). The molecule has 0 spiro atoms. The van der Waals surface area contributed by atoms with Crippen LogP contribution in [0.1, 0.15) is 5.56 Å². The Morgan fingerprint density at radius 1 is 1.03 bits per heavy atom. The molecule has 8 nitrogen and oxygen atoms in total. The first-order chi connectivity index (χ1) is 16.8. The van der Waals surface area contributed by atoms with Gasteiger partial charge in [-0.05, 0) is 42.0 Å². The van der Waals surface area contributed by atoms with E-state index in [2.05, 4.69) is 5.32 Å². The number of benzene rings is 3. The molecule has 0 bridgehead atoms. The summed E-state index contributed by atoms with van der Waals surface area (Å²) in [6.45, 7) is -0.263. The zero-order chi connectivity index (χ0) is 25.0. The molecule has 3 aromatic carbocycles. The Kier molecular flexibility index (Phi) is 7.13. The van der Waals surface area contributed by atoms with E-state index in [1.54, 1.807) is 24.3 Å². The van der Waals surface area contributed by atoms with Crippen molar-refractivity contribution >= 4 is 27.5 Å². The first kappa shape index (κ1) is 24.4. The van der Waals surface area contributed by atoms with Gasteiger partial charge in [0, 0.05) is 13.6 Å². The van der Waals surface area contributed by atoms with Crippen LogP contribution >= 0.6 is 0 Å². The van der Waals surface area contributed by atoms with E-state index >= 15 is 0 Å². The highest BCUT2D eigenvalue weighted by Gasteiger charge is 2.35. The van der Waals surface area contributed by atoms with Crippen molar-refractivity contribution in [1.29, 1.82) is 0 Å². The van der Waals surface area contributed by atoms with Crippen molar-refractivity contribution in [2.45, 2.75) is 17.5 Å². The smallest absolute Gasteiger partial charge is 0.263 e. The van der Waals surface area contributed by atoms with E-state index in [-0.39, 0.29) is 11.4 Å². The molecule has 1 N–H and O–H groups in total. The highest BCUT2D eigenvalue weighted by atomic mass is 32.2. The van der Waals surface area contributed by atoms with Crippen molar-refractivity contribution in [1.82, 2.24) is 9.62 Å². The van der Waals surface area contributed by atoms with Gasteiger partial charge in [-0.3, -0.25) is 9.59 Å². The molecule has 10 heteroatoms. The molecular weight excluding hydrogens is 473 g/mol. The van der Waals surface area contributed by atoms with Gasteiger partial charge in [-0.15, -0.1) is 0 Å². The second-order valence-electron chi connectivity index (χ2n) is 8.00. The lowest BCUT2D eigenvalue weighted by molar-refractivity contribution is -0.128. The van der Waals surface area contributed by atoms with Gasteiger partial charge >= 0.3 is 0 Å². The first-order valence-electron chi connectivity index (χ1n) is 10.9. The molecule has 1 aliphatic heterocycles. The zero-order valence-electron chi connectivity index (χ0n) is 18.9. The molecule has 0 saturated heterocycles. The van der Waals surface area contributed by atoms with Gasteiger partial charge in [-0.1, -0.05) is 42.5 Å². The van der Waals surface area contributed by atoms with E-state index < -0.39 is 40.3 Å². The predicted octanol–water partition coefficient (Wildman–Crippen LogP) is 2.56. The molecule has 0 aliphatic carbocycles. The van der Waals surface area contributed by atoms with Crippen molar-refractivity contribution in [3.05, 3.63) is 90.2 Å². The molecule has 35 heavy (non-hydrogen) atoms. The topological polar surface area (TPSA) is 96.0 Å². The van der Waals surface area contributed by atoms with Crippen LogP contribution in [-0.4, -0.2) is 50.8 Å². The van der Waals surface area contributed by atoms with E-state index in [0.717, 1.165) is 34.1 Å². The van der Waals surface area contributed by atoms with Crippen LogP contribution in [0.5, 0.6) is 5.75 Å². The van der Waals surface area contributed by atoms with Crippen molar-refractivity contribution in [3.63, 3.8) is 0 Å². The fourth-order valence-electron chi connectivity index (χ4n) is 3.65. The lowest BCUT2D eigenvalue weighted by Crippen LogP contribution is -2.52. The standard InChI is InChI=1S/C25H24FN3O5S/c1-28(35(32,33)20-13-11-19(26)12-14-20)17-24(30)29-16-23(34-22-10-6-5-9-21(22)29)25(31)27-15-18-7-3-2-4-8-18/h2-14,23H,15-17H2,1H3,(H,27,31)/t23-/m1/s1. The highest BCUT2D eigenvalue weighted by molar-refractivity contribution is 7.89. The molecule has 1 aliphatic rings. The van der Waals surface area contributed by atoms with Crippen LogP contribution in [0.3, 0.4) is 0 Å². The number of carbonyl (C=O) groups is 2. The second kappa shape index (κ2) is 10.2. The summed E-state index contributed by atoms with van der Waals surface area (Å²) in [7, 11) is -2.76. The minimum absolute atomic E-state index is 0.0824. The number of hydrogen-bond donors (Lipinski definition) is 1. The second-order valence-corrected chi connectivity index (χ2v) is 10.0. The third kappa shape index (κ3) is 5.50. The summed E-state index contributed by atoms with van der Waals surface area (Å²) < 4.78 is 45.6. The van der Waals surface area contributed by atoms with Crippen LogP contribution < -0.4 is 15.0 Å². The van der Waals surface area contributed by atoms with Crippen LogP contribution in [0.15, 0.2) is 83.8 Å². The number of rotatable bonds is 7. The third-order valence-electron chi connectivity index (χ3n) is 5.56. The molecule has 0 unspecified atom stereocenters. The van der Waals surface area contributed by atoms with Crippen molar-refractivity contribution in [2.75, 3.05) is 25.0 Å². The normalized spacial score (nSPS) is 15.3. The van der Waals surface area contributed by atoms with Crippen molar-refractivity contribution in [2.24, 2.45) is 0 Å². The fraction of sp³-hybridized carbons (Fsp3) is 0.200. The molecule has 1 heterocycles. The van der Waals surface area contributed by atoms with Crippen LogP contribution in [-0.2, 0) is 26.2 Å². The molecule has 182 valence electrons. The Balaban J connectivity index is 1.49. The Hall–Kier alpha value is -3.76. The number of nitrogens with one attached hydrogen (secondary N) is 1. The summed E-state index contributed by atoms with van der Waals surface area (Å²) in [6, 6.07) is 20.5. The molecule has 0 saturated carbocycles. The first-order valence-corrected chi connectivity index (χ1v) is 12.3. The number of sulfonamides is 1. The maximum Gasteiger partial charge on any atom is 0.263 e. The third-order valence-corrected chi connectivity index (χ3v) is 7.37. The highest BCUT2D eigenvalue weighted by Crippen LogP contribution is 2.33. The summed E-state index contributed by atoms with van der Waals surface area (Å²) in [4.78, 5) is 27.3. The monoisotopic (exact) mass is 497 g/mol. The van der Waals surface area contributed by atoms with Crippen LogP contribution in [0, 0.1) is 5.82 Å². The predicted molar refractivity (Wildman–Crippen MR) is 128 cm³/mol. The average molecular weight is 498 g/mol. The van der Waals surface area contributed by atoms with E-state index in [4.69, 9.17) is 4.74 Å². The zero-order valence-corrected chi connectivity index (χ0v) is 19.7. The minimum Gasteiger partial charge on any atom is -0.477 e. The summed E-state index contributed by atoms with van der Waals surface area (Å²) in [6.07, 6.45) is -0.975. The quantitative estimate of drug-likeness (QED) is 0.541. The molecule has 0 aromatic heterocycles. The number of hydrogen-bond acceptors (Lipinski definition) is 5. The molecule has 0 fully saturated rings. The molecular formula is C25H24FN3O5S. The summed E-state index contributed by atoms with van der Waals surface area (Å²) in [5.74, 6) is -1.15. The number of likely N-dealkylation sites (N-methyl/N-ethyl adjacent to an activating group) is 1. The Morgan fingerprint density at radius 2 is 1.69 bits per heavy atom. The number of para-hydroxylation sites is 2. The van der Waals surface area contributed by atoms with Crippen LogP contribution in [0.2, 0.25) is 0 Å². The van der Waals surface area contributed by atoms with Crippen molar-refractivity contribution < 1.29 is 27.1 Å². The van der Waals surface area contributed by atoms with E-state index in [9.17, 15) is 22.4 Å². The van der Waals surface area contributed by atoms with E-state index in [0.29, 0.717) is 18.0 Å². The Morgan fingerprint density at radius 3 is 2.40 bits per heavy atom. The summed E-state index contributed by atoms with van der Waals surface area (Å²) in [5, 5.41) is 2.81. The lowest BCUT2D eigenvalue weighted by atomic mass is 10.1. The molecule has 2 amide bonds. The fourth-order valence-corrected chi connectivity index (χ4v) is 4.77. The summed E-state index contributed by atoms with van der Waals surface area (Å²) >= 11 is 0. The number of carbonyl (C=O) groups excluding carboxylic acids is 2. The van der Waals surface area contributed by atoms with Gasteiger partial charge in [0.1, 0.15) is 11.6 Å². The molecule has 3 aromatic rings. The Labute approximate surface area is 203 Å². The van der Waals surface area contributed by atoms with E-state index in [1.165, 1.54) is 11.9 Å². The largest absolute Gasteiger partial charge is 0.477 e. The number of anilines is 1. The van der Waals surface area contributed by atoms with Gasteiger partial charge in [-0.2, -0.15) is 4.31 Å². The number of halogens is 1. The lowest BCUT2D eigenvalue weighted by Gasteiger charge is -2.35. The van der Waals surface area contributed by atoms with E-state index in [1.807, 2.05) is 30.3 Å². The molecule has 0 radical (unpaired) electrons. The van der Waals surface area contributed by atoms with Gasteiger partial charge in [0.25, 0.3) is 5.91 Å². The number of amides is 2. The minimum atomic E-state index is -4.03. The van der Waals surface area contributed by atoms with Crippen LogP contribution in [0.4, 0.5) is 10.1 Å². The van der Waals surface area contributed by atoms with Gasteiger partial charge in [0.15, 0.2) is 6.10 Å². The van der Waals surface area contributed by atoms with Crippen molar-refractivity contribution in [3.8, 4) is 5.75 Å². The van der Waals surface area contributed by atoms with Gasteiger partial charge in [0.2, 0.25) is 15.9 Å². The number of fused-ring (bicyclic) bond motifs is 1. The van der Waals surface area contributed by atoms with Gasteiger partial charge in [0.05, 0.1) is 23.7 Å². The van der Waals surface area contributed by atoms with Crippen LogP contribution in [0.25, 0.3) is 0 Å². The number of ether oxygens (including phenoxy) is 1. The maximum atomic E-state index is 13.2. The maximum absolute atomic E-state index is 13.2.